The molecule has 0 amide bonds. The van der Waals surface area contributed by atoms with Crippen LogP contribution in [0.3, 0.4) is 0 Å². The largest absolute Gasteiger partial charge is 0.396 e. The van der Waals surface area contributed by atoms with E-state index in [4.69, 9.17) is 5.11 Å². The Balaban J connectivity index is 1.69. The molecule has 108 valence electrons. The van der Waals surface area contributed by atoms with Gasteiger partial charge in [0.25, 0.3) is 0 Å². The molecule has 0 atom stereocenters. The zero-order valence-corrected chi connectivity index (χ0v) is 11.8. The first-order valence-electron chi connectivity index (χ1n) is 7.31. The highest BCUT2D eigenvalue weighted by molar-refractivity contribution is 5.30. The fourth-order valence-corrected chi connectivity index (χ4v) is 2.11. The Kier molecular flexibility index (Phi) is 6.27. The van der Waals surface area contributed by atoms with Crippen LogP contribution in [0.5, 0.6) is 0 Å². The van der Waals surface area contributed by atoms with Crippen molar-refractivity contribution >= 4 is 0 Å². The number of hydrogen-bond donors (Lipinski definition) is 2. The zero-order valence-electron chi connectivity index (χ0n) is 11.8. The van der Waals surface area contributed by atoms with E-state index in [1.807, 2.05) is 47.3 Å². The molecule has 0 bridgehead atoms. The number of hydrogen-bond acceptors (Lipinski definition) is 3. The Hall–Kier alpha value is -1.65. The Bertz CT molecular complexity index is 481. The van der Waals surface area contributed by atoms with Crippen LogP contribution in [0.25, 0.3) is 5.69 Å². The monoisotopic (exact) mass is 273 g/mol. The molecular formula is C16H23N3O. The second-order valence-electron chi connectivity index (χ2n) is 4.90. The van der Waals surface area contributed by atoms with Gasteiger partial charge in [0, 0.05) is 19.3 Å². The second kappa shape index (κ2) is 8.51. The van der Waals surface area contributed by atoms with E-state index >= 15 is 0 Å². The van der Waals surface area contributed by atoms with Crippen LogP contribution in [0.15, 0.2) is 42.6 Å². The topological polar surface area (TPSA) is 50.1 Å². The molecule has 0 saturated heterocycles. The predicted octanol–water partition coefficient (Wildman–Crippen LogP) is 2.51. The van der Waals surface area contributed by atoms with Gasteiger partial charge in [-0.1, -0.05) is 31.0 Å². The number of nitrogens with one attached hydrogen (secondary N) is 1. The van der Waals surface area contributed by atoms with Crippen LogP contribution >= 0.6 is 0 Å². The van der Waals surface area contributed by atoms with Gasteiger partial charge in [0.05, 0.1) is 11.4 Å². The van der Waals surface area contributed by atoms with Crippen molar-refractivity contribution in [1.82, 2.24) is 15.1 Å². The van der Waals surface area contributed by atoms with Crippen molar-refractivity contribution in [3.63, 3.8) is 0 Å². The number of para-hydroxylation sites is 1. The van der Waals surface area contributed by atoms with Crippen LogP contribution in [0.1, 0.15) is 31.4 Å². The quantitative estimate of drug-likeness (QED) is 0.690. The molecule has 0 aliphatic carbocycles. The molecule has 0 saturated carbocycles. The first-order chi connectivity index (χ1) is 9.90. The summed E-state index contributed by atoms with van der Waals surface area (Å²) >= 11 is 0. The van der Waals surface area contributed by atoms with Crippen molar-refractivity contribution < 1.29 is 5.11 Å². The minimum absolute atomic E-state index is 0.310. The van der Waals surface area contributed by atoms with Gasteiger partial charge in [-0.3, -0.25) is 0 Å². The third-order valence-electron chi connectivity index (χ3n) is 3.23. The summed E-state index contributed by atoms with van der Waals surface area (Å²) in [4.78, 5) is 0. The van der Waals surface area contributed by atoms with E-state index in [1.165, 1.54) is 6.42 Å². The summed E-state index contributed by atoms with van der Waals surface area (Å²) < 4.78 is 1.90. The molecule has 20 heavy (non-hydrogen) atoms. The van der Waals surface area contributed by atoms with Crippen LogP contribution in [-0.4, -0.2) is 28.0 Å². The molecule has 4 nitrogen and oxygen atoms in total. The van der Waals surface area contributed by atoms with Gasteiger partial charge < -0.3 is 10.4 Å². The smallest absolute Gasteiger partial charge is 0.0766 e. The average molecular weight is 273 g/mol. The third-order valence-corrected chi connectivity index (χ3v) is 3.23. The summed E-state index contributed by atoms with van der Waals surface area (Å²) in [6.07, 6.45) is 6.35. The highest BCUT2D eigenvalue weighted by Crippen LogP contribution is 2.06. The van der Waals surface area contributed by atoms with Gasteiger partial charge in [0.1, 0.15) is 0 Å². The lowest BCUT2D eigenvalue weighted by Crippen LogP contribution is -2.15. The number of aromatic nitrogens is 2. The van der Waals surface area contributed by atoms with Gasteiger partial charge in [0.15, 0.2) is 0 Å². The number of rotatable bonds is 9. The summed E-state index contributed by atoms with van der Waals surface area (Å²) in [6.45, 7) is 2.12. The Morgan fingerprint density at radius 1 is 1.00 bits per heavy atom. The van der Waals surface area contributed by atoms with E-state index in [9.17, 15) is 0 Å². The van der Waals surface area contributed by atoms with Crippen LogP contribution in [0.2, 0.25) is 0 Å². The van der Waals surface area contributed by atoms with Gasteiger partial charge in [-0.05, 0) is 37.6 Å². The minimum atomic E-state index is 0.310. The lowest BCUT2D eigenvalue weighted by Gasteiger charge is -2.03. The molecule has 2 aromatic rings. The number of benzene rings is 1. The van der Waals surface area contributed by atoms with Crippen LogP contribution in [0.4, 0.5) is 0 Å². The van der Waals surface area contributed by atoms with Crippen molar-refractivity contribution in [2.24, 2.45) is 0 Å². The predicted molar refractivity (Wildman–Crippen MR) is 80.8 cm³/mol. The molecule has 0 unspecified atom stereocenters. The molecule has 0 aliphatic heterocycles. The molecule has 1 aromatic carbocycles. The van der Waals surface area contributed by atoms with E-state index in [1.54, 1.807) is 0 Å². The highest BCUT2D eigenvalue weighted by Gasteiger charge is 2.00. The van der Waals surface area contributed by atoms with Crippen molar-refractivity contribution in [2.75, 3.05) is 13.2 Å². The number of unbranched alkanes of at least 4 members (excludes halogenated alkanes) is 3. The Morgan fingerprint density at radius 3 is 2.60 bits per heavy atom. The van der Waals surface area contributed by atoms with Crippen molar-refractivity contribution in [3.05, 3.63) is 48.3 Å². The van der Waals surface area contributed by atoms with Crippen molar-refractivity contribution in [3.8, 4) is 5.69 Å². The molecule has 2 N–H and O–H groups in total. The summed E-state index contributed by atoms with van der Waals surface area (Å²) in [5.74, 6) is 0. The molecule has 0 spiro atoms. The van der Waals surface area contributed by atoms with Crippen LogP contribution in [0, 0.1) is 0 Å². The number of aliphatic hydroxyl groups is 1. The van der Waals surface area contributed by atoms with Gasteiger partial charge in [-0.15, -0.1) is 0 Å². The minimum Gasteiger partial charge on any atom is -0.396 e. The summed E-state index contributed by atoms with van der Waals surface area (Å²) in [7, 11) is 0. The van der Waals surface area contributed by atoms with E-state index < -0.39 is 0 Å². The van der Waals surface area contributed by atoms with E-state index in [0.29, 0.717) is 6.61 Å². The fourth-order valence-electron chi connectivity index (χ4n) is 2.11. The van der Waals surface area contributed by atoms with Gasteiger partial charge in [-0.25, -0.2) is 4.68 Å². The summed E-state index contributed by atoms with van der Waals surface area (Å²) in [6, 6.07) is 12.2. The Morgan fingerprint density at radius 2 is 1.80 bits per heavy atom. The lowest BCUT2D eigenvalue weighted by atomic mass is 10.2. The maximum atomic E-state index is 8.69. The average Bonchev–Trinajstić information content (AvgIpc) is 2.96. The molecule has 1 aromatic heterocycles. The van der Waals surface area contributed by atoms with Crippen LogP contribution < -0.4 is 5.32 Å². The SMILES string of the molecule is OCCCCCCNCc1ccn(-c2ccccc2)n1. The van der Waals surface area contributed by atoms with E-state index in [0.717, 1.165) is 43.7 Å². The molecule has 2 rings (SSSR count). The first-order valence-corrected chi connectivity index (χ1v) is 7.31. The van der Waals surface area contributed by atoms with Gasteiger partial charge in [0.2, 0.25) is 0 Å². The van der Waals surface area contributed by atoms with E-state index in [2.05, 4.69) is 10.4 Å². The second-order valence-corrected chi connectivity index (χ2v) is 4.90. The standard InChI is InChI=1S/C16H23N3O/c20-13-7-2-1-6-11-17-14-15-10-12-19(18-15)16-8-4-3-5-9-16/h3-5,8-10,12,17,20H,1-2,6-7,11,13-14H2. The third kappa shape index (κ3) is 4.79. The Labute approximate surface area is 120 Å². The molecule has 0 fully saturated rings. The molecule has 4 heteroatoms. The molecule has 0 aliphatic rings. The highest BCUT2D eigenvalue weighted by atomic mass is 16.2. The normalized spacial score (nSPS) is 10.8. The van der Waals surface area contributed by atoms with Gasteiger partial charge in [-0.2, -0.15) is 5.10 Å². The summed E-state index contributed by atoms with van der Waals surface area (Å²) in [5.41, 5.74) is 2.15. The van der Waals surface area contributed by atoms with Crippen molar-refractivity contribution in [1.29, 1.82) is 0 Å². The maximum absolute atomic E-state index is 8.69. The zero-order chi connectivity index (χ0) is 14.0. The maximum Gasteiger partial charge on any atom is 0.0766 e. The van der Waals surface area contributed by atoms with E-state index in [-0.39, 0.29) is 0 Å². The number of aliphatic hydroxyl groups excluding tert-OH is 1. The fraction of sp³-hybridized carbons (Fsp3) is 0.438. The van der Waals surface area contributed by atoms with Crippen molar-refractivity contribution in [2.45, 2.75) is 32.2 Å². The molecule has 0 radical (unpaired) electrons. The lowest BCUT2D eigenvalue weighted by molar-refractivity contribution is 0.282. The number of nitrogens with zero attached hydrogens (tertiary/aromatic N) is 2. The van der Waals surface area contributed by atoms with Crippen LogP contribution in [-0.2, 0) is 6.54 Å². The van der Waals surface area contributed by atoms with Gasteiger partial charge >= 0.3 is 0 Å². The summed E-state index contributed by atoms with van der Waals surface area (Å²) in [5, 5.41) is 16.6. The first kappa shape index (κ1) is 14.8. The molecular weight excluding hydrogens is 250 g/mol. The molecule has 1 heterocycles.